The molecule has 0 radical (unpaired) electrons. The smallest absolute Gasteiger partial charge is 0.263 e. The lowest BCUT2D eigenvalue weighted by Crippen LogP contribution is -2.34. The third kappa shape index (κ3) is 3.79. The van der Waals surface area contributed by atoms with E-state index in [1.165, 1.54) is 24.5 Å². The first kappa shape index (κ1) is 17.0. The van der Waals surface area contributed by atoms with Gasteiger partial charge in [0.25, 0.3) is 10.0 Å². The summed E-state index contributed by atoms with van der Waals surface area (Å²) in [4.78, 5) is 10.7. The maximum absolute atomic E-state index is 12.4. The zero-order chi connectivity index (χ0) is 17.2. The Kier molecular flexibility index (Phi) is 4.91. The highest BCUT2D eigenvalue weighted by atomic mass is 35.5. The van der Waals surface area contributed by atoms with Gasteiger partial charge in [0.15, 0.2) is 0 Å². The number of benzene rings is 1. The van der Waals surface area contributed by atoms with Gasteiger partial charge in [-0.2, -0.15) is 0 Å². The second kappa shape index (κ2) is 6.94. The molecule has 0 aliphatic carbocycles. The third-order valence-corrected chi connectivity index (χ3v) is 5.96. The zero-order valence-corrected chi connectivity index (χ0v) is 14.9. The highest BCUT2D eigenvalue weighted by molar-refractivity contribution is 7.92. The fraction of sp³-hybridized carbons (Fsp3) is 0.375. The average molecular weight is 367 g/mol. The highest BCUT2D eigenvalue weighted by Gasteiger charge is 2.20. The van der Waals surface area contributed by atoms with Gasteiger partial charge >= 0.3 is 0 Å². The van der Waals surface area contributed by atoms with Gasteiger partial charge in [-0.1, -0.05) is 30.7 Å². The molecule has 1 aliphatic rings. The van der Waals surface area contributed by atoms with Gasteiger partial charge in [0.2, 0.25) is 5.95 Å². The van der Waals surface area contributed by atoms with Crippen molar-refractivity contribution in [3.63, 3.8) is 0 Å². The van der Waals surface area contributed by atoms with E-state index in [2.05, 4.69) is 26.5 Å². The molecule has 24 heavy (non-hydrogen) atoms. The van der Waals surface area contributed by atoms with Gasteiger partial charge in [-0.3, -0.25) is 4.72 Å². The molecular weight excluding hydrogens is 348 g/mol. The molecule has 1 aromatic carbocycles. The summed E-state index contributed by atoms with van der Waals surface area (Å²) in [7, 11) is -3.76. The van der Waals surface area contributed by atoms with Crippen LogP contribution >= 0.6 is 11.6 Å². The Morgan fingerprint density at radius 1 is 1.17 bits per heavy atom. The van der Waals surface area contributed by atoms with Crippen LogP contribution in [0.5, 0.6) is 0 Å². The van der Waals surface area contributed by atoms with Crippen LogP contribution < -0.4 is 9.62 Å². The Labute approximate surface area is 146 Å². The van der Waals surface area contributed by atoms with Crippen LogP contribution in [0.15, 0.2) is 41.6 Å². The van der Waals surface area contributed by atoms with Crippen LogP contribution in [0.3, 0.4) is 0 Å². The van der Waals surface area contributed by atoms with Crippen molar-refractivity contribution in [2.75, 3.05) is 22.7 Å². The molecule has 128 valence electrons. The average Bonchev–Trinajstić information content (AvgIpc) is 2.56. The summed E-state index contributed by atoms with van der Waals surface area (Å²) in [6, 6.07) is 6.29. The number of halogens is 1. The Morgan fingerprint density at radius 2 is 1.79 bits per heavy atom. The van der Waals surface area contributed by atoms with E-state index < -0.39 is 10.0 Å². The van der Waals surface area contributed by atoms with Crippen molar-refractivity contribution in [3.8, 4) is 0 Å². The van der Waals surface area contributed by atoms with E-state index in [-0.39, 0.29) is 9.92 Å². The van der Waals surface area contributed by atoms with Crippen molar-refractivity contribution in [3.05, 3.63) is 41.7 Å². The number of anilines is 2. The van der Waals surface area contributed by atoms with Crippen LogP contribution in [-0.4, -0.2) is 31.5 Å². The van der Waals surface area contributed by atoms with Gasteiger partial charge in [-0.05, 0) is 30.9 Å². The van der Waals surface area contributed by atoms with Crippen LogP contribution in [0.2, 0.25) is 5.02 Å². The normalized spacial score (nSPS) is 16.2. The Hall–Kier alpha value is -1.86. The van der Waals surface area contributed by atoms with Crippen LogP contribution in [0.25, 0.3) is 0 Å². The first-order valence-electron chi connectivity index (χ1n) is 7.80. The zero-order valence-electron chi connectivity index (χ0n) is 13.3. The molecule has 3 rings (SSSR count). The lowest BCUT2D eigenvalue weighted by Gasteiger charge is -2.30. The van der Waals surface area contributed by atoms with E-state index in [1.807, 2.05) is 0 Å². The second-order valence-electron chi connectivity index (χ2n) is 5.98. The number of piperidine rings is 1. The summed E-state index contributed by atoms with van der Waals surface area (Å²) >= 11 is 5.96. The van der Waals surface area contributed by atoms with Crippen molar-refractivity contribution in [1.29, 1.82) is 0 Å². The number of aromatic nitrogens is 2. The molecule has 0 bridgehead atoms. The topological polar surface area (TPSA) is 75.2 Å². The molecule has 0 amide bonds. The Morgan fingerprint density at radius 3 is 2.42 bits per heavy atom. The molecule has 0 unspecified atom stereocenters. The molecule has 0 spiro atoms. The Bertz CT molecular complexity index is 803. The number of sulfonamides is 1. The SMILES string of the molecule is CC1CCN(c2ncc(NS(=O)(=O)c3ccccc3Cl)cn2)CC1. The minimum Gasteiger partial charge on any atom is -0.341 e. The molecule has 8 heteroatoms. The first-order valence-corrected chi connectivity index (χ1v) is 9.66. The molecule has 1 saturated heterocycles. The van der Waals surface area contributed by atoms with E-state index in [1.54, 1.807) is 12.1 Å². The molecule has 6 nitrogen and oxygen atoms in total. The van der Waals surface area contributed by atoms with Gasteiger partial charge in [-0.25, -0.2) is 18.4 Å². The number of hydrogen-bond donors (Lipinski definition) is 1. The van der Waals surface area contributed by atoms with Crippen molar-refractivity contribution < 1.29 is 8.42 Å². The minimum absolute atomic E-state index is 0.0285. The van der Waals surface area contributed by atoms with E-state index in [4.69, 9.17) is 11.6 Å². The van der Waals surface area contributed by atoms with E-state index in [0.717, 1.165) is 31.8 Å². The van der Waals surface area contributed by atoms with Crippen molar-refractivity contribution in [2.24, 2.45) is 5.92 Å². The van der Waals surface area contributed by atoms with Crippen molar-refractivity contribution in [1.82, 2.24) is 9.97 Å². The van der Waals surface area contributed by atoms with E-state index in [9.17, 15) is 8.42 Å². The molecule has 0 saturated carbocycles. The largest absolute Gasteiger partial charge is 0.341 e. The third-order valence-electron chi connectivity index (χ3n) is 4.08. The summed E-state index contributed by atoms with van der Waals surface area (Å²) in [5, 5.41) is 0.171. The summed E-state index contributed by atoms with van der Waals surface area (Å²) in [5.74, 6) is 1.35. The molecule has 1 fully saturated rings. The predicted molar refractivity (Wildman–Crippen MR) is 94.9 cm³/mol. The van der Waals surface area contributed by atoms with Gasteiger partial charge in [0.1, 0.15) is 4.90 Å². The first-order chi connectivity index (χ1) is 11.5. The van der Waals surface area contributed by atoms with Gasteiger partial charge in [0.05, 0.1) is 23.1 Å². The molecule has 1 aromatic heterocycles. The fourth-order valence-corrected chi connectivity index (χ4v) is 4.17. The van der Waals surface area contributed by atoms with Crippen molar-refractivity contribution >= 4 is 33.3 Å². The summed E-state index contributed by atoms with van der Waals surface area (Å²) in [6.07, 6.45) is 5.19. The van der Waals surface area contributed by atoms with Crippen LogP contribution in [-0.2, 0) is 10.0 Å². The standard InChI is InChI=1S/C16H19ClN4O2S/c1-12-6-8-21(9-7-12)16-18-10-13(11-19-16)20-24(22,23)15-5-3-2-4-14(15)17/h2-5,10-12,20H,6-9H2,1H3. The number of nitrogens with one attached hydrogen (secondary N) is 1. The maximum atomic E-state index is 12.4. The summed E-state index contributed by atoms with van der Waals surface area (Å²) < 4.78 is 27.2. The molecule has 1 N–H and O–H groups in total. The monoisotopic (exact) mass is 366 g/mol. The number of rotatable bonds is 4. The van der Waals surface area contributed by atoms with Crippen LogP contribution in [0, 0.1) is 5.92 Å². The molecule has 0 atom stereocenters. The lowest BCUT2D eigenvalue weighted by atomic mass is 10.00. The van der Waals surface area contributed by atoms with Crippen molar-refractivity contribution in [2.45, 2.75) is 24.7 Å². The van der Waals surface area contributed by atoms with E-state index in [0.29, 0.717) is 11.6 Å². The predicted octanol–water partition coefficient (Wildman–Crippen LogP) is 3.17. The fourth-order valence-electron chi connectivity index (χ4n) is 2.62. The maximum Gasteiger partial charge on any atom is 0.263 e. The number of hydrogen-bond acceptors (Lipinski definition) is 5. The van der Waals surface area contributed by atoms with Gasteiger partial charge < -0.3 is 4.90 Å². The van der Waals surface area contributed by atoms with Crippen LogP contribution in [0.1, 0.15) is 19.8 Å². The van der Waals surface area contributed by atoms with E-state index >= 15 is 0 Å². The summed E-state index contributed by atoms with van der Waals surface area (Å²) in [5.41, 5.74) is 0.309. The lowest BCUT2D eigenvalue weighted by molar-refractivity contribution is 0.434. The quantitative estimate of drug-likeness (QED) is 0.899. The van der Waals surface area contributed by atoms with Gasteiger partial charge in [-0.15, -0.1) is 0 Å². The van der Waals surface area contributed by atoms with Crippen LogP contribution in [0.4, 0.5) is 11.6 Å². The van der Waals surface area contributed by atoms with Gasteiger partial charge in [0, 0.05) is 13.1 Å². The highest BCUT2D eigenvalue weighted by Crippen LogP contribution is 2.24. The second-order valence-corrected chi connectivity index (χ2v) is 8.04. The summed E-state index contributed by atoms with van der Waals surface area (Å²) in [6.45, 7) is 4.09. The molecule has 2 aromatic rings. The molecule has 2 heterocycles. The minimum atomic E-state index is -3.76. The molecule has 1 aliphatic heterocycles. The Balaban J connectivity index is 1.73. The molecular formula is C16H19ClN4O2S. The number of nitrogens with zero attached hydrogens (tertiary/aromatic N) is 3.